The Hall–Kier alpha value is -2.31. The lowest BCUT2D eigenvalue weighted by molar-refractivity contribution is 0.628. The molecule has 2 nitrogen and oxygen atoms in total. The van der Waals surface area contributed by atoms with Gasteiger partial charge in [-0.25, -0.2) is 4.39 Å². The van der Waals surface area contributed by atoms with Crippen molar-refractivity contribution in [1.29, 1.82) is 0 Å². The van der Waals surface area contributed by atoms with Gasteiger partial charge in [0.25, 0.3) is 0 Å². The monoisotopic (exact) mass is 240 g/mol. The van der Waals surface area contributed by atoms with E-state index < -0.39 is 0 Å². The van der Waals surface area contributed by atoms with E-state index in [-0.39, 0.29) is 5.82 Å². The second-order valence-corrected chi connectivity index (χ2v) is 3.84. The number of allylic oxidation sites excluding steroid dienone is 1. The van der Waals surface area contributed by atoms with Gasteiger partial charge in [-0.3, -0.25) is 0 Å². The van der Waals surface area contributed by atoms with Gasteiger partial charge in [-0.1, -0.05) is 18.0 Å². The van der Waals surface area contributed by atoms with Crippen LogP contribution >= 0.6 is 0 Å². The number of anilines is 1. The Labute approximate surface area is 105 Å². The molecule has 0 spiro atoms. The molecule has 1 aliphatic rings. The van der Waals surface area contributed by atoms with Gasteiger partial charge in [0.2, 0.25) is 0 Å². The quantitative estimate of drug-likeness (QED) is 0.794. The SMILES string of the molecule is C=C(Nc1ccc(F)cc1)C1=C=C=C(CN)C=C1. The number of benzene rings is 1. The second-order valence-electron chi connectivity index (χ2n) is 3.84. The standard InChI is InChI=1S/C15H13FN2/c1-11(13-4-2-12(10-17)3-5-13)18-15-8-6-14(16)7-9-15/h2,4,6-9,18H,1,10,17H2. The number of nitrogens with two attached hydrogens (primary N) is 1. The van der Waals surface area contributed by atoms with Crippen molar-refractivity contribution in [2.24, 2.45) is 5.73 Å². The third-order valence-electron chi connectivity index (χ3n) is 2.49. The van der Waals surface area contributed by atoms with E-state index in [1.807, 2.05) is 12.2 Å². The smallest absolute Gasteiger partial charge is 0.123 e. The third kappa shape index (κ3) is 2.88. The van der Waals surface area contributed by atoms with Crippen LogP contribution in [-0.4, -0.2) is 6.54 Å². The highest BCUT2D eigenvalue weighted by Gasteiger charge is 2.02. The van der Waals surface area contributed by atoms with Crippen molar-refractivity contribution in [3.05, 3.63) is 77.1 Å². The highest BCUT2D eigenvalue weighted by molar-refractivity contribution is 5.55. The van der Waals surface area contributed by atoms with Crippen molar-refractivity contribution in [2.75, 3.05) is 11.9 Å². The summed E-state index contributed by atoms with van der Waals surface area (Å²) < 4.78 is 12.8. The molecule has 18 heavy (non-hydrogen) atoms. The van der Waals surface area contributed by atoms with E-state index in [9.17, 15) is 4.39 Å². The maximum absolute atomic E-state index is 12.8. The lowest BCUT2D eigenvalue weighted by Crippen LogP contribution is -2.03. The number of halogens is 1. The minimum absolute atomic E-state index is 0.265. The molecular weight excluding hydrogens is 227 g/mol. The summed E-state index contributed by atoms with van der Waals surface area (Å²) in [6.45, 7) is 4.35. The predicted molar refractivity (Wildman–Crippen MR) is 71.4 cm³/mol. The Morgan fingerprint density at radius 1 is 1.22 bits per heavy atom. The van der Waals surface area contributed by atoms with E-state index in [2.05, 4.69) is 23.4 Å². The Balaban J connectivity index is 2.15. The molecule has 2 rings (SSSR count). The first-order valence-corrected chi connectivity index (χ1v) is 5.54. The van der Waals surface area contributed by atoms with Gasteiger partial charge in [-0.2, -0.15) is 0 Å². The molecular formula is C15H13FN2. The van der Waals surface area contributed by atoms with E-state index >= 15 is 0 Å². The van der Waals surface area contributed by atoms with Crippen LogP contribution in [0.5, 0.6) is 0 Å². The van der Waals surface area contributed by atoms with E-state index in [0.29, 0.717) is 12.2 Å². The zero-order valence-electron chi connectivity index (χ0n) is 9.83. The molecule has 3 N–H and O–H groups in total. The largest absolute Gasteiger partial charge is 0.355 e. The summed E-state index contributed by atoms with van der Waals surface area (Å²) >= 11 is 0. The molecule has 0 heterocycles. The van der Waals surface area contributed by atoms with Crippen molar-refractivity contribution in [3.63, 3.8) is 0 Å². The predicted octanol–water partition coefficient (Wildman–Crippen LogP) is 2.89. The van der Waals surface area contributed by atoms with Crippen LogP contribution in [0.25, 0.3) is 0 Å². The van der Waals surface area contributed by atoms with Gasteiger partial charge in [-0.05, 0) is 36.4 Å². The molecule has 0 aromatic heterocycles. The number of hydrogen-bond donors (Lipinski definition) is 2. The van der Waals surface area contributed by atoms with Crippen LogP contribution in [0.2, 0.25) is 0 Å². The summed E-state index contributed by atoms with van der Waals surface area (Å²) in [7, 11) is 0. The molecule has 3 heteroatoms. The Kier molecular flexibility index (Phi) is 3.61. The molecule has 0 fully saturated rings. The topological polar surface area (TPSA) is 38.0 Å². The number of rotatable bonds is 4. The second kappa shape index (κ2) is 5.35. The summed E-state index contributed by atoms with van der Waals surface area (Å²) in [4.78, 5) is 0. The first-order chi connectivity index (χ1) is 8.69. The van der Waals surface area contributed by atoms with Crippen molar-refractivity contribution in [2.45, 2.75) is 0 Å². The molecule has 1 aromatic rings. The fourth-order valence-corrected chi connectivity index (χ4v) is 1.48. The number of nitrogens with one attached hydrogen (secondary N) is 1. The third-order valence-corrected chi connectivity index (χ3v) is 2.49. The van der Waals surface area contributed by atoms with Crippen molar-refractivity contribution in [3.8, 4) is 0 Å². The average molecular weight is 240 g/mol. The normalized spacial score (nSPS) is 13.0. The summed E-state index contributed by atoms with van der Waals surface area (Å²) in [6.07, 6.45) is 3.75. The van der Waals surface area contributed by atoms with Crippen molar-refractivity contribution in [1.82, 2.24) is 0 Å². The zero-order chi connectivity index (χ0) is 13.0. The van der Waals surface area contributed by atoms with Gasteiger partial charge in [-0.15, -0.1) is 0 Å². The Bertz CT molecular complexity index is 596. The highest BCUT2D eigenvalue weighted by atomic mass is 19.1. The first kappa shape index (κ1) is 12.2. The minimum atomic E-state index is -0.265. The minimum Gasteiger partial charge on any atom is -0.355 e. The Morgan fingerprint density at radius 3 is 2.50 bits per heavy atom. The summed E-state index contributed by atoms with van der Waals surface area (Å²) in [5.74, 6) is -0.265. The van der Waals surface area contributed by atoms with Gasteiger partial charge in [0.05, 0.1) is 0 Å². The van der Waals surface area contributed by atoms with Crippen LogP contribution in [-0.2, 0) is 0 Å². The van der Waals surface area contributed by atoms with Crippen LogP contribution in [0.1, 0.15) is 0 Å². The molecule has 1 aliphatic carbocycles. The molecule has 0 radical (unpaired) electrons. The maximum Gasteiger partial charge on any atom is 0.123 e. The molecule has 0 amide bonds. The molecule has 0 saturated heterocycles. The van der Waals surface area contributed by atoms with Crippen molar-refractivity contribution < 1.29 is 4.39 Å². The lowest BCUT2D eigenvalue weighted by Gasteiger charge is -2.09. The Morgan fingerprint density at radius 2 is 1.94 bits per heavy atom. The average Bonchev–Trinajstić information content (AvgIpc) is 2.41. The zero-order valence-corrected chi connectivity index (χ0v) is 9.83. The van der Waals surface area contributed by atoms with Gasteiger partial charge in [0.15, 0.2) is 0 Å². The van der Waals surface area contributed by atoms with Crippen LogP contribution in [0.15, 0.2) is 71.3 Å². The molecule has 0 saturated carbocycles. The first-order valence-electron chi connectivity index (χ1n) is 5.54. The number of hydrogen-bond acceptors (Lipinski definition) is 2. The summed E-state index contributed by atoms with van der Waals surface area (Å²) in [5.41, 5.74) is 14.6. The van der Waals surface area contributed by atoms with Crippen LogP contribution in [0.3, 0.4) is 0 Å². The van der Waals surface area contributed by atoms with E-state index in [0.717, 1.165) is 16.8 Å². The van der Waals surface area contributed by atoms with E-state index in [4.69, 9.17) is 5.73 Å². The molecule has 0 atom stereocenters. The highest BCUT2D eigenvalue weighted by Crippen LogP contribution is 2.16. The van der Waals surface area contributed by atoms with Gasteiger partial charge in [0, 0.05) is 29.1 Å². The van der Waals surface area contributed by atoms with Crippen LogP contribution < -0.4 is 11.1 Å². The molecule has 90 valence electrons. The molecule has 1 aromatic carbocycles. The maximum atomic E-state index is 12.8. The summed E-state index contributed by atoms with van der Waals surface area (Å²) in [5, 5.41) is 3.08. The van der Waals surface area contributed by atoms with Gasteiger partial charge < -0.3 is 11.1 Å². The molecule has 0 aliphatic heterocycles. The summed E-state index contributed by atoms with van der Waals surface area (Å²) in [6, 6.07) is 6.09. The van der Waals surface area contributed by atoms with E-state index in [1.54, 1.807) is 12.1 Å². The fraction of sp³-hybridized carbons (Fsp3) is 0.0667. The fourth-order valence-electron chi connectivity index (χ4n) is 1.48. The van der Waals surface area contributed by atoms with Gasteiger partial charge in [0.1, 0.15) is 5.82 Å². The molecule has 0 bridgehead atoms. The van der Waals surface area contributed by atoms with Crippen LogP contribution in [0.4, 0.5) is 10.1 Å². The van der Waals surface area contributed by atoms with Crippen LogP contribution in [0, 0.1) is 5.82 Å². The molecule has 0 unspecified atom stereocenters. The lowest BCUT2D eigenvalue weighted by atomic mass is 10.1. The van der Waals surface area contributed by atoms with E-state index in [1.165, 1.54) is 12.1 Å². The van der Waals surface area contributed by atoms with Gasteiger partial charge >= 0.3 is 0 Å². The van der Waals surface area contributed by atoms with Crippen molar-refractivity contribution >= 4 is 5.69 Å².